The smallest absolute Gasteiger partial charge is 0.000955 e. The van der Waals surface area contributed by atoms with Gasteiger partial charge in [-0.3, -0.25) is 0 Å². The fraction of sp³-hybridized carbons (Fsp3) is 1.00. The van der Waals surface area contributed by atoms with Gasteiger partial charge < -0.3 is 4.90 Å². The Morgan fingerprint density at radius 3 is 2.82 bits per heavy atom. The quantitative estimate of drug-likeness (QED) is 0.605. The molecule has 0 N–H and O–H groups in total. The minimum absolute atomic E-state index is 1.01. The molecule has 1 aliphatic rings. The van der Waals surface area contributed by atoms with E-state index in [4.69, 9.17) is 0 Å². The van der Waals surface area contributed by atoms with Crippen molar-refractivity contribution in [1.82, 2.24) is 4.90 Å². The lowest BCUT2D eigenvalue weighted by Crippen LogP contribution is -2.34. The molecule has 1 heteroatoms. The van der Waals surface area contributed by atoms with Crippen molar-refractivity contribution in [3.63, 3.8) is 0 Å². The minimum atomic E-state index is 1.01. The molecule has 0 saturated carbocycles. The predicted molar refractivity (Wildman–Crippen MR) is 49.7 cm³/mol. The zero-order valence-electron chi connectivity index (χ0n) is 7.97. The molecule has 1 heterocycles. The van der Waals surface area contributed by atoms with E-state index in [-0.39, 0.29) is 0 Å². The van der Waals surface area contributed by atoms with E-state index in [1.165, 1.54) is 45.3 Å². The van der Waals surface area contributed by atoms with Crippen LogP contribution in [0.4, 0.5) is 0 Å². The number of hydrogen-bond donors (Lipinski definition) is 0. The Hall–Kier alpha value is -0.0400. The van der Waals surface area contributed by atoms with Gasteiger partial charge in [0, 0.05) is 6.54 Å². The molecule has 0 amide bonds. The summed E-state index contributed by atoms with van der Waals surface area (Å²) in [5.41, 5.74) is 0. The van der Waals surface area contributed by atoms with Crippen molar-refractivity contribution in [2.75, 3.05) is 19.6 Å². The van der Waals surface area contributed by atoms with Gasteiger partial charge in [-0.15, -0.1) is 0 Å². The number of rotatable bonds is 3. The molecule has 1 aliphatic heterocycles. The van der Waals surface area contributed by atoms with E-state index in [2.05, 4.69) is 18.7 Å². The highest BCUT2D eigenvalue weighted by atomic mass is 15.1. The van der Waals surface area contributed by atoms with E-state index >= 15 is 0 Å². The first kappa shape index (κ1) is 9.05. The first-order valence-electron chi connectivity index (χ1n) is 5.09. The van der Waals surface area contributed by atoms with Crippen LogP contribution in [0.15, 0.2) is 0 Å². The molecular formula is C10H21N. The maximum atomic E-state index is 2.59. The maximum absolute atomic E-state index is 2.59. The standard InChI is InChI=1S/C10H21N/c1-3-6-10-7-5-8-11(4-2)9-10/h10H,3-9H2,1-2H3/t10-/m0/s1. The number of piperidine rings is 1. The fourth-order valence-electron chi connectivity index (χ4n) is 2.08. The lowest BCUT2D eigenvalue weighted by molar-refractivity contribution is 0.175. The molecule has 66 valence electrons. The monoisotopic (exact) mass is 155 g/mol. The molecular weight excluding hydrogens is 134 g/mol. The van der Waals surface area contributed by atoms with Gasteiger partial charge in [0.25, 0.3) is 0 Å². The molecule has 1 nitrogen and oxygen atoms in total. The third-order valence-electron chi connectivity index (χ3n) is 2.75. The summed E-state index contributed by atoms with van der Waals surface area (Å²) in [6, 6.07) is 0. The Labute approximate surface area is 70.8 Å². The molecule has 0 spiro atoms. The molecule has 0 radical (unpaired) electrons. The van der Waals surface area contributed by atoms with E-state index in [9.17, 15) is 0 Å². The van der Waals surface area contributed by atoms with Crippen LogP contribution >= 0.6 is 0 Å². The van der Waals surface area contributed by atoms with Gasteiger partial charge in [0.1, 0.15) is 0 Å². The van der Waals surface area contributed by atoms with Crippen LogP contribution in [0.1, 0.15) is 39.5 Å². The van der Waals surface area contributed by atoms with Gasteiger partial charge in [-0.2, -0.15) is 0 Å². The molecule has 1 rings (SSSR count). The molecule has 0 aliphatic carbocycles. The van der Waals surface area contributed by atoms with Crippen LogP contribution in [-0.2, 0) is 0 Å². The fourth-order valence-corrected chi connectivity index (χ4v) is 2.08. The zero-order chi connectivity index (χ0) is 8.10. The summed E-state index contributed by atoms with van der Waals surface area (Å²) in [5.74, 6) is 1.01. The second-order valence-electron chi connectivity index (χ2n) is 3.69. The van der Waals surface area contributed by atoms with Gasteiger partial charge in [-0.05, 0) is 38.3 Å². The van der Waals surface area contributed by atoms with E-state index in [0.29, 0.717) is 0 Å². The molecule has 11 heavy (non-hydrogen) atoms. The summed E-state index contributed by atoms with van der Waals surface area (Å²) in [6.45, 7) is 8.53. The van der Waals surface area contributed by atoms with E-state index in [1.54, 1.807) is 0 Å². The Bertz CT molecular complexity index is 99.0. The van der Waals surface area contributed by atoms with Crippen LogP contribution in [0.25, 0.3) is 0 Å². The third-order valence-corrected chi connectivity index (χ3v) is 2.75. The van der Waals surface area contributed by atoms with Crippen LogP contribution in [0, 0.1) is 5.92 Å². The lowest BCUT2D eigenvalue weighted by Gasteiger charge is -2.31. The van der Waals surface area contributed by atoms with Crippen LogP contribution in [0.2, 0.25) is 0 Å². The average Bonchev–Trinajstić information content (AvgIpc) is 2.06. The summed E-state index contributed by atoms with van der Waals surface area (Å²) in [5, 5.41) is 0. The summed E-state index contributed by atoms with van der Waals surface area (Å²) in [7, 11) is 0. The van der Waals surface area contributed by atoms with Crippen LogP contribution in [-0.4, -0.2) is 24.5 Å². The third kappa shape index (κ3) is 2.82. The largest absolute Gasteiger partial charge is 0.303 e. The van der Waals surface area contributed by atoms with Crippen LogP contribution in [0.3, 0.4) is 0 Å². The van der Waals surface area contributed by atoms with Gasteiger partial charge in [0.15, 0.2) is 0 Å². The van der Waals surface area contributed by atoms with Crippen LogP contribution in [0.5, 0.6) is 0 Å². The van der Waals surface area contributed by atoms with Gasteiger partial charge in [-0.25, -0.2) is 0 Å². The predicted octanol–water partition coefficient (Wildman–Crippen LogP) is 2.52. The second-order valence-corrected chi connectivity index (χ2v) is 3.69. The van der Waals surface area contributed by atoms with Gasteiger partial charge in [0.2, 0.25) is 0 Å². The Kier molecular flexibility index (Phi) is 3.92. The van der Waals surface area contributed by atoms with Crippen molar-refractivity contribution in [2.45, 2.75) is 39.5 Å². The van der Waals surface area contributed by atoms with E-state index in [1.807, 2.05) is 0 Å². The molecule has 0 aromatic rings. The average molecular weight is 155 g/mol. The van der Waals surface area contributed by atoms with Crippen molar-refractivity contribution >= 4 is 0 Å². The number of likely N-dealkylation sites (tertiary alicyclic amines) is 1. The van der Waals surface area contributed by atoms with Crippen molar-refractivity contribution in [3.05, 3.63) is 0 Å². The van der Waals surface area contributed by atoms with Crippen molar-refractivity contribution < 1.29 is 0 Å². The van der Waals surface area contributed by atoms with E-state index < -0.39 is 0 Å². The minimum Gasteiger partial charge on any atom is -0.303 e. The highest BCUT2D eigenvalue weighted by Crippen LogP contribution is 2.20. The molecule has 0 aromatic carbocycles. The van der Waals surface area contributed by atoms with E-state index in [0.717, 1.165) is 5.92 Å². The van der Waals surface area contributed by atoms with Gasteiger partial charge >= 0.3 is 0 Å². The second kappa shape index (κ2) is 4.76. The summed E-state index contributed by atoms with van der Waals surface area (Å²) < 4.78 is 0. The highest BCUT2D eigenvalue weighted by Gasteiger charge is 2.16. The first-order chi connectivity index (χ1) is 5.36. The Morgan fingerprint density at radius 2 is 2.18 bits per heavy atom. The molecule has 0 bridgehead atoms. The zero-order valence-corrected chi connectivity index (χ0v) is 7.97. The normalized spacial score (nSPS) is 27.3. The molecule has 0 unspecified atom stereocenters. The molecule has 1 fully saturated rings. The lowest BCUT2D eigenvalue weighted by atomic mass is 9.94. The van der Waals surface area contributed by atoms with Crippen molar-refractivity contribution in [3.8, 4) is 0 Å². The maximum Gasteiger partial charge on any atom is 0.000955 e. The molecule has 0 aromatic heterocycles. The Morgan fingerprint density at radius 1 is 1.36 bits per heavy atom. The molecule has 1 saturated heterocycles. The summed E-state index contributed by atoms with van der Waals surface area (Å²) >= 11 is 0. The van der Waals surface area contributed by atoms with Gasteiger partial charge in [0.05, 0.1) is 0 Å². The highest BCUT2D eigenvalue weighted by molar-refractivity contribution is 4.71. The summed E-state index contributed by atoms with van der Waals surface area (Å²) in [6.07, 6.45) is 5.71. The number of hydrogen-bond acceptors (Lipinski definition) is 1. The first-order valence-corrected chi connectivity index (χ1v) is 5.09. The number of nitrogens with zero attached hydrogens (tertiary/aromatic N) is 1. The topological polar surface area (TPSA) is 3.24 Å². The van der Waals surface area contributed by atoms with Gasteiger partial charge in [-0.1, -0.05) is 20.3 Å². The van der Waals surface area contributed by atoms with Crippen molar-refractivity contribution in [1.29, 1.82) is 0 Å². The van der Waals surface area contributed by atoms with Crippen molar-refractivity contribution in [2.24, 2.45) is 5.92 Å². The Balaban J connectivity index is 2.21. The summed E-state index contributed by atoms with van der Waals surface area (Å²) in [4.78, 5) is 2.59. The van der Waals surface area contributed by atoms with Crippen LogP contribution < -0.4 is 0 Å². The SMILES string of the molecule is CCC[C@H]1CCCN(CC)C1. The molecule has 1 atom stereocenters.